The van der Waals surface area contributed by atoms with Gasteiger partial charge >= 0.3 is 0 Å². The van der Waals surface area contributed by atoms with Gasteiger partial charge < -0.3 is 0 Å². The molecule has 0 spiro atoms. The summed E-state index contributed by atoms with van der Waals surface area (Å²) in [7, 11) is -3.68. The van der Waals surface area contributed by atoms with E-state index in [1.54, 1.807) is 24.5 Å². The van der Waals surface area contributed by atoms with Crippen molar-refractivity contribution in [3.05, 3.63) is 59.5 Å². The summed E-state index contributed by atoms with van der Waals surface area (Å²) >= 11 is 0. The van der Waals surface area contributed by atoms with Gasteiger partial charge in [-0.05, 0) is 55.0 Å². The number of para-hydroxylation sites is 1. The third-order valence-corrected chi connectivity index (χ3v) is 6.86. The molecule has 1 aliphatic rings. The molecule has 2 N–H and O–H groups in total. The summed E-state index contributed by atoms with van der Waals surface area (Å²) in [6.45, 7) is 1.94. The van der Waals surface area contributed by atoms with E-state index in [0.717, 1.165) is 40.4 Å². The topological polar surface area (TPSA) is 101 Å². The van der Waals surface area contributed by atoms with Crippen LogP contribution >= 0.6 is 0 Å². The molecule has 1 aliphatic carbocycles. The second-order valence-electron chi connectivity index (χ2n) is 7.30. The van der Waals surface area contributed by atoms with Crippen LogP contribution in [0.3, 0.4) is 0 Å². The summed E-state index contributed by atoms with van der Waals surface area (Å²) in [6.07, 6.45) is 7.43. The molecule has 3 aromatic heterocycles. The quantitative estimate of drug-likeness (QED) is 0.557. The van der Waals surface area contributed by atoms with E-state index < -0.39 is 10.0 Å². The number of benzene rings is 1. The van der Waals surface area contributed by atoms with E-state index in [0.29, 0.717) is 11.9 Å². The minimum absolute atomic E-state index is 0.177. The maximum absolute atomic E-state index is 13.1. The van der Waals surface area contributed by atoms with E-state index in [2.05, 4.69) is 24.9 Å². The first kappa shape index (κ1) is 17.3. The van der Waals surface area contributed by atoms with Gasteiger partial charge in [-0.15, -0.1) is 0 Å². The highest BCUT2D eigenvalue weighted by atomic mass is 32.2. The molecule has 0 saturated carbocycles. The Morgan fingerprint density at radius 2 is 2.07 bits per heavy atom. The minimum atomic E-state index is -3.68. The van der Waals surface area contributed by atoms with E-state index in [-0.39, 0.29) is 10.9 Å². The van der Waals surface area contributed by atoms with Crippen molar-refractivity contribution in [2.75, 3.05) is 0 Å². The van der Waals surface area contributed by atoms with E-state index in [1.165, 1.54) is 5.56 Å². The lowest BCUT2D eigenvalue weighted by Crippen LogP contribution is -2.39. The Labute approximate surface area is 162 Å². The molecule has 0 amide bonds. The van der Waals surface area contributed by atoms with Gasteiger partial charge in [0.1, 0.15) is 4.90 Å². The molecular formula is C20H19N5O2S. The van der Waals surface area contributed by atoms with Crippen LogP contribution in [0, 0.1) is 6.92 Å². The fraction of sp³-hybridized carbons (Fsp3) is 0.250. The predicted molar refractivity (Wildman–Crippen MR) is 107 cm³/mol. The number of rotatable bonds is 3. The smallest absolute Gasteiger partial charge is 0.242 e. The summed E-state index contributed by atoms with van der Waals surface area (Å²) in [6, 6.07) is 7.02. The second-order valence-corrected chi connectivity index (χ2v) is 8.98. The van der Waals surface area contributed by atoms with Crippen LogP contribution < -0.4 is 4.72 Å². The van der Waals surface area contributed by atoms with E-state index >= 15 is 0 Å². The zero-order valence-corrected chi connectivity index (χ0v) is 16.1. The highest BCUT2D eigenvalue weighted by Gasteiger charge is 2.27. The summed E-state index contributed by atoms with van der Waals surface area (Å²) in [5.41, 5.74) is 4.54. The Morgan fingerprint density at radius 1 is 1.18 bits per heavy atom. The maximum atomic E-state index is 13.1. The third-order valence-electron chi connectivity index (χ3n) is 5.31. The van der Waals surface area contributed by atoms with Gasteiger partial charge in [0.2, 0.25) is 10.0 Å². The van der Waals surface area contributed by atoms with Crippen molar-refractivity contribution >= 4 is 32.0 Å². The number of sulfonamides is 1. The first-order valence-electron chi connectivity index (χ1n) is 9.19. The molecule has 1 atom stereocenters. The standard InChI is InChI=1S/C20H19N5O2S/c1-12-7-13-3-2-4-18(19(13)21-9-12)28(26,27)25-15-5-6-16-14(8-15)10-22-20-17(16)11-23-24-20/h2-4,7,9-11,15,25H,5-6,8H2,1H3,(H,22,23,24). The molecule has 142 valence electrons. The molecule has 7 nitrogen and oxygen atoms in total. The number of pyridine rings is 2. The van der Waals surface area contributed by atoms with Crippen LogP contribution in [0.2, 0.25) is 0 Å². The highest BCUT2D eigenvalue weighted by Crippen LogP contribution is 2.28. The van der Waals surface area contributed by atoms with Gasteiger partial charge in [0.05, 0.1) is 11.7 Å². The minimum Gasteiger partial charge on any atom is -0.261 e. The number of fused-ring (bicyclic) bond motifs is 4. The molecule has 0 saturated heterocycles. The van der Waals surface area contributed by atoms with Crippen molar-refractivity contribution < 1.29 is 8.42 Å². The molecule has 5 rings (SSSR count). The van der Waals surface area contributed by atoms with Crippen molar-refractivity contribution in [2.45, 2.75) is 37.1 Å². The number of aryl methyl sites for hydroxylation is 2. The molecule has 0 radical (unpaired) electrons. The molecule has 28 heavy (non-hydrogen) atoms. The van der Waals surface area contributed by atoms with E-state index in [1.807, 2.05) is 25.3 Å². The van der Waals surface area contributed by atoms with Crippen molar-refractivity contribution in [3.63, 3.8) is 0 Å². The molecule has 8 heteroatoms. The SMILES string of the molecule is Cc1cnc2c(S(=O)(=O)NC3CCc4c(cnc5[nH]ncc45)C3)cccc2c1. The first-order valence-corrected chi connectivity index (χ1v) is 10.7. The molecule has 3 heterocycles. The van der Waals surface area contributed by atoms with Gasteiger partial charge in [0.15, 0.2) is 5.65 Å². The second kappa shape index (κ2) is 6.35. The average molecular weight is 393 g/mol. The van der Waals surface area contributed by atoms with Gasteiger partial charge in [-0.25, -0.2) is 18.1 Å². The average Bonchev–Trinajstić information content (AvgIpc) is 3.16. The number of nitrogens with zero attached hydrogens (tertiary/aromatic N) is 3. The van der Waals surface area contributed by atoms with Crippen molar-refractivity contribution in [2.24, 2.45) is 0 Å². The van der Waals surface area contributed by atoms with Crippen molar-refractivity contribution in [1.29, 1.82) is 0 Å². The van der Waals surface area contributed by atoms with Gasteiger partial charge in [0.25, 0.3) is 0 Å². The number of hydrogen-bond acceptors (Lipinski definition) is 5. The van der Waals surface area contributed by atoms with E-state index in [9.17, 15) is 8.42 Å². The predicted octanol–water partition coefficient (Wildman–Crippen LogP) is 2.65. The van der Waals surface area contributed by atoms with E-state index in [4.69, 9.17) is 0 Å². The van der Waals surface area contributed by atoms with Gasteiger partial charge in [-0.2, -0.15) is 5.10 Å². The number of H-pyrrole nitrogens is 1. The monoisotopic (exact) mass is 393 g/mol. The van der Waals surface area contributed by atoms with Crippen LogP contribution in [0.5, 0.6) is 0 Å². The summed E-state index contributed by atoms with van der Waals surface area (Å²) in [5, 5.41) is 8.78. The summed E-state index contributed by atoms with van der Waals surface area (Å²) < 4.78 is 29.1. The Bertz CT molecular complexity index is 1310. The molecule has 4 aromatic rings. The van der Waals surface area contributed by atoms with Crippen LogP contribution in [-0.2, 0) is 22.9 Å². The molecule has 0 bridgehead atoms. The van der Waals surface area contributed by atoms with Crippen LogP contribution in [0.15, 0.2) is 47.8 Å². The van der Waals surface area contributed by atoms with Crippen LogP contribution in [0.1, 0.15) is 23.1 Å². The fourth-order valence-electron chi connectivity index (χ4n) is 3.99. The number of nitrogens with one attached hydrogen (secondary N) is 2. The van der Waals surface area contributed by atoms with Crippen LogP contribution in [0.4, 0.5) is 0 Å². The van der Waals surface area contributed by atoms with Crippen molar-refractivity contribution in [3.8, 4) is 0 Å². The lowest BCUT2D eigenvalue weighted by molar-refractivity contribution is 0.508. The number of aromatic nitrogens is 4. The fourth-order valence-corrected chi connectivity index (χ4v) is 5.44. The first-order chi connectivity index (χ1) is 13.5. The lowest BCUT2D eigenvalue weighted by Gasteiger charge is -2.25. The van der Waals surface area contributed by atoms with Crippen LogP contribution in [0.25, 0.3) is 21.9 Å². The Kier molecular flexibility index (Phi) is 3.92. The Balaban J connectivity index is 1.46. The normalized spacial score (nSPS) is 17.1. The molecule has 1 aromatic carbocycles. The number of hydrogen-bond donors (Lipinski definition) is 2. The zero-order valence-electron chi connectivity index (χ0n) is 15.3. The maximum Gasteiger partial charge on any atom is 0.242 e. The third kappa shape index (κ3) is 2.85. The molecule has 0 aliphatic heterocycles. The van der Waals surface area contributed by atoms with Gasteiger partial charge in [-0.3, -0.25) is 10.1 Å². The van der Waals surface area contributed by atoms with Crippen molar-refractivity contribution in [1.82, 2.24) is 24.9 Å². The van der Waals surface area contributed by atoms with Crippen LogP contribution in [-0.4, -0.2) is 34.6 Å². The lowest BCUT2D eigenvalue weighted by atomic mass is 9.88. The summed E-state index contributed by atoms with van der Waals surface area (Å²) in [4.78, 5) is 8.97. The Hall–Kier alpha value is -2.84. The molecular weight excluding hydrogens is 374 g/mol. The van der Waals surface area contributed by atoms with Gasteiger partial charge in [0, 0.05) is 29.2 Å². The Morgan fingerprint density at radius 3 is 2.96 bits per heavy atom. The molecule has 1 unspecified atom stereocenters. The largest absolute Gasteiger partial charge is 0.261 e. The summed E-state index contributed by atoms with van der Waals surface area (Å²) in [5.74, 6) is 0. The van der Waals surface area contributed by atoms with Gasteiger partial charge in [-0.1, -0.05) is 12.1 Å². The zero-order chi connectivity index (χ0) is 19.3. The highest BCUT2D eigenvalue weighted by molar-refractivity contribution is 7.89. The molecule has 0 fully saturated rings. The number of aromatic amines is 1.